The second kappa shape index (κ2) is 6.48. The van der Waals surface area contributed by atoms with Crippen LogP contribution in [0.15, 0.2) is 12.3 Å². The van der Waals surface area contributed by atoms with E-state index in [2.05, 4.69) is 5.32 Å². The Morgan fingerprint density at radius 3 is 2.54 bits per heavy atom. The largest absolute Gasteiger partial charge is 0.478 e. The van der Waals surface area contributed by atoms with Crippen molar-refractivity contribution < 1.29 is 15.0 Å². The number of nitrogens with one attached hydrogen (secondary N) is 1. The molecular weight excluding hydrogens is 170 g/mol. The van der Waals surface area contributed by atoms with Crippen LogP contribution in [0, 0.1) is 5.92 Å². The van der Waals surface area contributed by atoms with Crippen LogP contribution in [0.25, 0.3) is 0 Å². The van der Waals surface area contributed by atoms with Crippen molar-refractivity contribution in [1.29, 1.82) is 0 Å². The predicted molar refractivity (Wildman–Crippen MR) is 50.2 cm³/mol. The second-order valence-corrected chi connectivity index (χ2v) is 3.20. The number of carbonyl (C=O) groups is 1. The van der Waals surface area contributed by atoms with Crippen molar-refractivity contribution in [3.63, 3.8) is 0 Å². The average molecular weight is 187 g/mol. The summed E-state index contributed by atoms with van der Waals surface area (Å²) in [6.45, 7) is 4.14. The number of aliphatic hydroxyl groups excluding tert-OH is 1. The molecule has 1 atom stereocenters. The Labute approximate surface area is 78.3 Å². The highest BCUT2D eigenvalue weighted by atomic mass is 16.4. The highest BCUT2D eigenvalue weighted by molar-refractivity contribution is 5.79. The highest BCUT2D eigenvalue weighted by Gasteiger charge is 2.09. The van der Waals surface area contributed by atoms with Gasteiger partial charge >= 0.3 is 5.97 Å². The monoisotopic (exact) mass is 187 g/mol. The van der Waals surface area contributed by atoms with Gasteiger partial charge in [0, 0.05) is 24.9 Å². The third-order valence-electron chi connectivity index (χ3n) is 1.78. The molecule has 76 valence electrons. The molecule has 3 N–H and O–H groups in total. The van der Waals surface area contributed by atoms with Crippen molar-refractivity contribution >= 4 is 5.97 Å². The zero-order valence-electron chi connectivity index (χ0n) is 8.03. The number of hydrogen-bond acceptors (Lipinski definition) is 3. The zero-order valence-corrected chi connectivity index (χ0v) is 8.03. The van der Waals surface area contributed by atoms with E-state index in [1.54, 1.807) is 0 Å². The lowest BCUT2D eigenvalue weighted by Crippen LogP contribution is -2.30. The summed E-state index contributed by atoms with van der Waals surface area (Å²) in [5, 5.41) is 20.0. The van der Waals surface area contributed by atoms with E-state index < -0.39 is 5.97 Å². The predicted octanol–water partition coefficient (Wildman–Crippen LogP) is 0.581. The van der Waals surface area contributed by atoms with Crippen molar-refractivity contribution in [3.8, 4) is 0 Å². The highest BCUT2D eigenvalue weighted by Crippen LogP contribution is 2.04. The lowest BCUT2D eigenvalue weighted by atomic mass is 10.0. The number of carboxylic acids is 1. The van der Waals surface area contributed by atoms with Gasteiger partial charge in [-0.2, -0.15) is 0 Å². The number of aliphatic carboxylic acids is 1. The van der Waals surface area contributed by atoms with Gasteiger partial charge in [-0.1, -0.05) is 13.8 Å². The summed E-state index contributed by atoms with van der Waals surface area (Å²) in [4.78, 5) is 10.1. The minimum atomic E-state index is -0.973. The Hall–Kier alpha value is -1.03. The summed E-state index contributed by atoms with van der Waals surface area (Å²) >= 11 is 0. The first-order valence-corrected chi connectivity index (χ1v) is 4.34. The quantitative estimate of drug-likeness (QED) is 0.532. The molecule has 0 aliphatic carbocycles. The zero-order chi connectivity index (χ0) is 10.3. The lowest BCUT2D eigenvalue weighted by molar-refractivity contribution is -0.131. The van der Waals surface area contributed by atoms with E-state index in [4.69, 9.17) is 10.2 Å². The SMILES string of the molecule is CC(C)C(CCO)N/C=C/C(=O)O. The van der Waals surface area contributed by atoms with Gasteiger partial charge < -0.3 is 15.5 Å². The van der Waals surface area contributed by atoms with Gasteiger partial charge in [0.1, 0.15) is 0 Å². The van der Waals surface area contributed by atoms with E-state index in [9.17, 15) is 4.79 Å². The van der Waals surface area contributed by atoms with Crippen LogP contribution < -0.4 is 5.32 Å². The molecule has 0 spiro atoms. The van der Waals surface area contributed by atoms with Gasteiger partial charge in [0.2, 0.25) is 0 Å². The Morgan fingerprint density at radius 1 is 1.54 bits per heavy atom. The molecule has 4 nitrogen and oxygen atoms in total. The molecule has 13 heavy (non-hydrogen) atoms. The van der Waals surface area contributed by atoms with Gasteiger partial charge in [-0.25, -0.2) is 4.79 Å². The Kier molecular flexibility index (Phi) is 5.97. The van der Waals surface area contributed by atoms with Crippen LogP contribution in [-0.4, -0.2) is 28.8 Å². The van der Waals surface area contributed by atoms with Crippen LogP contribution in [0.1, 0.15) is 20.3 Å². The fraction of sp³-hybridized carbons (Fsp3) is 0.667. The molecule has 0 aromatic carbocycles. The second-order valence-electron chi connectivity index (χ2n) is 3.20. The van der Waals surface area contributed by atoms with Crippen molar-refractivity contribution in [3.05, 3.63) is 12.3 Å². The van der Waals surface area contributed by atoms with Gasteiger partial charge in [-0.3, -0.25) is 0 Å². The normalized spacial score (nSPS) is 13.5. The van der Waals surface area contributed by atoms with E-state index in [-0.39, 0.29) is 12.6 Å². The third-order valence-corrected chi connectivity index (χ3v) is 1.78. The maximum absolute atomic E-state index is 10.1. The Bertz CT molecular complexity index is 178. The molecule has 0 saturated heterocycles. The number of carboxylic acid groups (broad SMARTS) is 1. The summed E-state index contributed by atoms with van der Waals surface area (Å²) in [6, 6.07) is 0.126. The molecule has 0 saturated carbocycles. The molecule has 4 heteroatoms. The first kappa shape index (κ1) is 12.0. The van der Waals surface area contributed by atoms with E-state index >= 15 is 0 Å². The van der Waals surface area contributed by atoms with Crippen LogP contribution in [-0.2, 0) is 4.79 Å². The number of aliphatic hydroxyl groups is 1. The average Bonchev–Trinajstić information content (AvgIpc) is 2.02. The van der Waals surface area contributed by atoms with Gasteiger partial charge in [0.05, 0.1) is 0 Å². The molecule has 0 aliphatic rings. The summed E-state index contributed by atoms with van der Waals surface area (Å²) < 4.78 is 0. The summed E-state index contributed by atoms with van der Waals surface area (Å²) in [5.74, 6) is -0.607. The maximum Gasteiger partial charge on any atom is 0.329 e. The summed E-state index contributed by atoms with van der Waals surface area (Å²) in [6.07, 6.45) is 3.08. The smallest absolute Gasteiger partial charge is 0.329 e. The topological polar surface area (TPSA) is 69.6 Å². The lowest BCUT2D eigenvalue weighted by Gasteiger charge is -2.19. The van der Waals surface area contributed by atoms with Crippen LogP contribution in [0.5, 0.6) is 0 Å². The van der Waals surface area contributed by atoms with Gasteiger partial charge in [0.15, 0.2) is 0 Å². The van der Waals surface area contributed by atoms with Gasteiger partial charge in [0.25, 0.3) is 0 Å². The summed E-state index contributed by atoms with van der Waals surface area (Å²) in [7, 11) is 0. The van der Waals surface area contributed by atoms with Crippen LogP contribution in [0.3, 0.4) is 0 Å². The molecule has 0 bridgehead atoms. The molecule has 0 aromatic rings. The number of hydrogen-bond donors (Lipinski definition) is 3. The molecule has 0 fully saturated rings. The number of rotatable bonds is 6. The molecule has 0 amide bonds. The van der Waals surface area contributed by atoms with Crippen LogP contribution >= 0.6 is 0 Å². The van der Waals surface area contributed by atoms with Crippen molar-refractivity contribution in [2.45, 2.75) is 26.3 Å². The summed E-state index contributed by atoms with van der Waals surface area (Å²) in [5.41, 5.74) is 0. The maximum atomic E-state index is 10.1. The van der Waals surface area contributed by atoms with Crippen molar-refractivity contribution in [2.75, 3.05) is 6.61 Å². The molecular formula is C9H17NO3. The van der Waals surface area contributed by atoms with Gasteiger partial charge in [-0.15, -0.1) is 0 Å². The Morgan fingerprint density at radius 2 is 2.15 bits per heavy atom. The Balaban J connectivity index is 3.88. The van der Waals surface area contributed by atoms with E-state index in [0.717, 1.165) is 6.08 Å². The fourth-order valence-corrected chi connectivity index (χ4v) is 0.991. The van der Waals surface area contributed by atoms with E-state index in [0.29, 0.717) is 12.3 Å². The minimum absolute atomic E-state index is 0.108. The molecule has 0 aromatic heterocycles. The van der Waals surface area contributed by atoms with Crippen LogP contribution in [0.4, 0.5) is 0 Å². The van der Waals surface area contributed by atoms with Gasteiger partial charge in [-0.05, 0) is 12.3 Å². The molecule has 0 rings (SSSR count). The fourth-order valence-electron chi connectivity index (χ4n) is 0.991. The van der Waals surface area contributed by atoms with Crippen molar-refractivity contribution in [2.24, 2.45) is 5.92 Å². The van der Waals surface area contributed by atoms with Crippen LogP contribution in [0.2, 0.25) is 0 Å². The third kappa shape index (κ3) is 6.16. The molecule has 0 radical (unpaired) electrons. The molecule has 0 heterocycles. The van der Waals surface area contributed by atoms with Crippen molar-refractivity contribution in [1.82, 2.24) is 5.32 Å². The first-order valence-electron chi connectivity index (χ1n) is 4.34. The molecule has 1 unspecified atom stereocenters. The first-order chi connectivity index (χ1) is 6.07. The van der Waals surface area contributed by atoms with E-state index in [1.165, 1.54) is 6.20 Å². The van der Waals surface area contributed by atoms with E-state index in [1.807, 2.05) is 13.8 Å². The standard InChI is InChI=1S/C9H17NO3/c1-7(2)8(4-6-11)10-5-3-9(12)13/h3,5,7-8,10-11H,4,6H2,1-2H3,(H,12,13)/b5-3+. The minimum Gasteiger partial charge on any atom is -0.478 e. The molecule has 0 aliphatic heterocycles.